The Labute approximate surface area is 196 Å². The molecular formula is C25H21ClN2O3S. The second-order valence-electron chi connectivity index (χ2n) is 6.85. The van der Waals surface area contributed by atoms with Crippen LogP contribution in [0.3, 0.4) is 0 Å². The molecule has 1 aliphatic heterocycles. The number of ether oxygens (including phenoxy) is 2. The zero-order valence-electron chi connectivity index (χ0n) is 17.4. The Balaban J connectivity index is 1.52. The molecular weight excluding hydrogens is 444 g/mol. The highest BCUT2D eigenvalue weighted by Gasteiger charge is 2.24. The van der Waals surface area contributed by atoms with Crippen molar-refractivity contribution in [2.24, 2.45) is 4.99 Å². The van der Waals surface area contributed by atoms with Gasteiger partial charge in [0, 0.05) is 0 Å². The van der Waals surface area contributed by atoms with Gasteiger partial charge in [-0.05, 0) is 60.2 Å². The molecule has 3 aromatic carbocycles. The number of rotatable bonds is 7. The van der Waals surface area contributed by atoms with Gasteiger partial charge in [0.05, 0.1) is 22.2 Å². The summed E-state index contributed by atoms with van der Waals surface area (Å²) in [6, 6.07) is 22.8. The molecule has 1 saturated heterocycles. The van der Waals surface area contributed by atoms with Crippen LogP contribution in [0.15, 0.2) is 82.7 Å². The van der Waals surface area contributed by atoms with Gasteiger partial charge in [-0.15, -0.1) is 0 Å². The van der Waals surface area contributed by atoms with Crippen LogP contribution >= 0.6 is 23.4 Å². The van der Waals surface area contributed by atoms with E-state index in [1.165, 1.54) is 11.8 Å². The highest BCUT2D eigenvalue weighted by molar-refractivity contribution is 8.18. The lowest BCUT2D eigenvalue weighted by atomic mass is 10.2. The number of halogens is 1. The third kappa shape index (κ3) is 5.52. The summed E-state index contributed by atoms with van der Waals surface area (Å²) in [6.45, 7) is 2.87. The van der Waals surface area contributed by atoms with Crippen LogP contribution in [-0.2, 0) is 11.4 Å². The molecule has 0 atom stereocenters. The van der Waals surface area contributed by atoms with Gasteiger partial charge in [0.15, 0.2) is 16.7 Å². The van der Waals surface area contributed by atoms with Crippen molar-refractivity contribution in [2.75, 3.05) is 6.61 Å². The Morgan fingerprint density at radius 3 is 2.56 bits per heavy atom. The Kier molecular flexibility index (Phi) is 7.14. The molecule has 0 unspecified atom stereocenters. The summed E-state index contributed by atoms with van der Waals surface area (Å²) in [5.41, 5.74) is 2.51. The van der Waals surface area contributed by atoms with Crippen molar-refractivity contribution >= 4 is 46.2 Å². The van der Waals surface area contributed by atoms with E-state index in [0.29, 0.717) is 45.5 Å². The maximum absolute atomic E-state index is 12.4. The van der Waals surface area contributed by atoms with Gasteiger partial charge < -0.3 is 14.8 Å². The Bertz CT molecular complexity index is 1180. The van der Waals surface area contributed by atoms with E-state index in [2.05, 4.69) is 10.3 Å². The molecule has 0 radical (unpaired) electrons. The number of benzene rings is 3. The Morgan fingerprint density at radius 2 is 1.78 bits per heavy atom. The van der Waals surface area contributed by atoms with E-state index >= 15 is 0 Å². The number of hydrogen-bond acceptors (Lipinski definition) is 5. The number of amidine groups is 1. The number of amides is 1. The predicted molar refractivity (Wildman–Crippen MR) is 131 cm³/mol. The second kappa shape index (κ2) is 10.4. The number of nitrogens with zero attached hydrogens (tertiary/aromatic N) is 1. The van der Waals surface area contributed by atoms with Crippen LogP contribution in [0.4, 0.5) is 5.69 Å². The number of nitrogens with one attached hydrogen (secondary N) is 1. The molecule has 0 aromatic heterocycles. The van der Waals surface area contributed by atoms with Crippen molar-refractivity contribution in [3.63, 3.8) is 0 Å². The number of thioether (sulfide) groups is 1. The molecule has 1 N–H and O–H groups in total. The molecule has 1 amide bonds. The SMILES string of the molecule is CCOc1cc(C=C2SC(=Nc3ccccc3Cl)NC2=O)ccc1OCc1ccccc1. The van der Waals surface area contributed by atoms with Crippen LogP contribution in [0.2, 0.25) is 5.02 Å². The fourth-order valence-electron chi connectivity index (χ4n) is 3.02. The monoisotopic (exact) mass is 464 g/mol. The smallest absolute Gasteiger partial charge is 0.264 e. The van der Waals surface area contributed by atoms with Gasteiger partial charge in [-0.3, -0.25) is 4.79 Å². The number of para-hydroxylation sites is 1. The van der Waals surface area contributed by atoms with Gasteiger partial charge in [-0.25, -0.2) is 4.99 Å². The summed E-state index contributed by atoms with van der Waals surface area (Å²) >= 11 is 7.43. The lowest BCUT2D eigenvalue weighted by Crippen LogP contribution is -2.19. The summed E-state index contributed by atoms with van der Waals surface area (Å²) in [5, 5.41) is 3.80. The van der Waals surface area contributed by atoms with Gasteiger partial charge in [-0.2, -0.15) is 0 Å². The third-order valence-electron chi connectivity index (χ3n) is 4.53. The zero-order chi connectivity index (χ0) is 22.3. The van der Waals surface area contributed by atoms with Crippen LogP contribution in [0, 0.1) is 0 Å². The van der Waals surface area contributed by atoms with Crippen molar-refractivity contribution in [3.05, 3.63) is 93.9 Å². The lowest BCUT2D eigenvalue weighted by Gasteiger charge is -2.13. The molecule has 0 spiro atoms. The molecule has 0 saturated carbocycles. The number of hydrogen-bond donors (Lipinski definition) is 1. The Morgan fingerprint density at radius 1 is 1.00 bits per heavy atom. The van der Waals surface area contributed by atoms with Gasteiger partial charge >= 0.3 is 0 Å². The highest BCUT2D eigenvalue weighted by atomic mass is 35.5. The molecule has 162 valence electrons. The normalized spacial score (nSPS) is 15.8. The average molecular weight is 465 g/mol. The summed E-state index contributed by atoms with van der Waals surface area (Å²) in [7, 11) is 0. The largest absolute Gasteiger partial charge is 0.490 e. The molecule has 0 aliphatic carbocycles. The van der Waals surface area contributed by atoms with Gasteiger partial charge in [0.25, 0.3) is 5.91 Å². The quantitative estimate of drug-likeness (QED) is 0.422. The van der Waals surface area contributed by atoms with Crippen LogP contribution in [-0.4, -0.2) is 17.7 Å². The topological polar surface area (TPSA) is 59.9 Å². The molecule has 1 heterocycles. The average Bonchev–Trinajstić information content (AvgIpc) is 3.14. The van der Waals surface area contributed by atoms with E-state index in [0.717, 1.165) is 11.1 Å². The fourth-order valence-corrected chi connectivity index (χ4v) is 4.03. The third-order valence-corrected chi connectivity index (χ3v) is 5.76. The lowest BCUT2D eigenvalue weighted by molar-refractivity contribution is -0.115. The second-order valence-corrected chi connectivity index (χ2v) is 8.28. The zero-order valence-corrected chi connectivity index (χ0v) is 19.0. The molecule has 4 rings (SSSR count). The standard InChI is InChI=1S/C25H21ClN2O3S/c1-2-30-22-14-18(12-13-21(22)31-16-17-8-4-3-5-9-17)15-23-24(29)28-25(32-23)27-20-11-7-6-10-19(20)26/h3-15H,2,16H2,1H3,(H,27,28,29). The molecule has 1 fully saturated rings. The van der Waals surface area contributed by atoms with Crippen LogP contribution in [0.25, 0.3) is 6.08 Å². The first-order chi connectivity index (χ1) is 15.6. The van der Waals surface area contributed by atoms with Gasteiger partial charge in [0.2, 0.25) is 0 Å². The Hall–Kier alpha value is -3.22. The van der Waals surface area contributed by atoms with Crippen molar-refractivity contribution in [1.29, 1.82) is 0 Å². The molecule has 0 bridgehead atoms. The summed E-state index contributed by atoms with van der Waals surface area (Å²) < 4.78 is 11.7. The first-order valence-electron chi connectivity index (χ1n) is 10.1. The minimum atomic E-state index is -0.205. The van der Waals surface area contributed by atoms with Crippen molar-refractivity contribution < 1.29 is 14.3 Å². The van der Waals surface area contributed by atoms with E-state index in [1.807, 2.05) is 67.6 Å². The van der Waals surface area contributed by atoms with E-state index in [9.17, 15) is 4.79 Å². The van der Waals surface area contributed by atoms with Crippen molar-refractivity contribution in [2.45, 2.75) is 13.5 Å². The predicted octanol–water partition coefficient (Wildman–Crippen LogP) is 6.21. The van der Waals surface area contributed by atoms with E-state index in [4.69, 9.17) is 21.1 Å². The number of aliphatic imine (C=N–C) groups is 1. The van der Waals surface area contributed by atoms with Crippen molar-refractivity contribution in [3.8, 4) is 11.5 Å². The molecule has 3 aromatic rings. The minimum Gasteiger partial charge on any atom is -0.490 e. The maximum Gasteiger partial charge on any atom is 0.264 e. The van der Waals surface area contributed by atoms with Gasteiger partial charge in [-0.1, -0.05) is 60.1 Å². The summed E-state index contributed by atoms with van der Waals surface area (Å²) in [5.74, 6) is 1.08. The van der Waals surface area contributed by atoms with Crippen LogP contribution in [0.5, 0.6) is 11.5 Å². The van der Waals surface area contributed by atoms with E-state index < -0.39 is 0 Å². The maximum atomic E-state index is 12.4. The summed E-state index contributed by atoms with van der Waals surface area (Å²) in [4.78, 5) is 17.4. The van der Waals surface area contributed by atoms with E-state index in [1.54, 1.807) is 18.2 Å². The highest BCUT2D eigenvalue weighted by Crippen LogP contribution is 2.33. The number of carbonyl (C=O) groups is 1. The molecule has 5 nitrogen and oxygen atoms in total. The molecule has 32 heavy (non-hydrogen) atoms. The fraction of sp³-hybridized carbons (Fsp3) is 0.120. The first-order valence-corrected chi connectivity index (χ1v) is 11.3. The molecule has 1 aliphatic rings. The van der Waals surface area contributed by atoms with Gasteiger partial charge in [0.1, 0.15) is 6.61 Å². The van der Waals surface area contributed by atoms with Crippen LogP contribution < -0.4 is 14.8 Å². The molecule has 7 heteroatoms. The van der Waals surface area contributed by atoms with Crippen molar-refractivity contribution in [1.82, 2.24) is 5.32 Å². The van der Waals surface area contributed by atoms with Crippen LogP contribution in [0.1, 0.15) is 18.1 Å². The summed E-state index contributed by atoms with van der Waals surface area (Å²) in [6.07, 6.45) is 1.80. The first kappa shape index (κ1) is 22.0. The van der Waals surface area contributed by atoms with E-state index in [-0.39, 0.29) is 5.91 Å². The minimum absolute atomic E-state index is 0.205. The number of carbonyl (C=O) groups excluding carboxylic acids is 1.